The fraction of sp³-hybridized carbons (Fsp3) is 0.727. The summed E-state index contributed by atoms with van der Waals surface area (Å²) < 4.78 is 5.24. The molecule has 0 spiro atoms. The standard InChI is InChI=1S/C22H34O4/c1-14(2)7-9-18-15(3)8-10-19-21(18,5)12-11-17(13-26-16(4)23)22(19,6)20(24)25/h17-19H,1,3,7-13H2,2,4-6H3,(H,24,25). The van der Waals surface area contributed by atoms with Crippen LogP contribution in [0.1, 0.15) is 66.2 Å². The van der Waals surface area contributed by atoms with Gasteiger partial charge in [0.2, 0.25) is 0 Å². The minimum absolute atomic E-state index is 0.0578. The molecule has 5 unspecified atom stereocenters. The summed E-state index contributed by atoms with van der Waals surface area (Å²) in [4.78, 5) is 23.7. The molecule has 146 valence electrons. The minimum Gasteiger partial charge on any atom is -0.481 e. The Bertz CT molecular complexity index is 607. The van der Waals surface area contributed by atoms with Crippen molar-refractivity contribution in [2.75, 3.05) is 6.61 Å². The second-order valence-corrected chi connectivity index (χ2v) is 8.93. The Labute approximate surface area is 157 Å². The Morgan fingerprint density at radius 3 is 2.46 bits per heavy atom. The summed E-state index contributed by atoms with van der Waals surface area (Å²) in [5, 5.41) is 10.2. The molecule has 4 heteroatoms. The predicted octanol–water partition coefficient (Wildman–Crippen LogP) is 5.00. The number of carbonyl (C=O) groups is 2. The molecule has 1 N–H and O–H groups in total. The van der Waals surface area contributed by atoms with Gasteiger partial charge in [-0.15, -0.1) is 6.58 Å². The van der Waals surface area contributed by atoms with E-state index in [4.69, 9.17) is 4.74 Å². The van der Waals surface area contributed by atoms with Gasteiger partial charge in [0.15, 0.2) is 0 Å². The summed E-state index contributed by atoms with van der Waals surface area (Å²) in [5.41, 5.74) is 1.46. The lowest BCUT2D eigenvalue weighted by Crippen LogP contribution is -2.58. The smallest absolute Gasteiger partial charge is 0.310 e. The number of hydrogen-bond donors (Lipinski definition) is 1. The molecule has 0 saturated heterocycles. The maximum Gasteiger partial charge on any atom is 0.310 e. The Hall–Kier alpha value is -1.58. The average Bonchev–Trinajstić information content (AvgIpc) is 2.52. The van der Waals surface area contributed by atoms with Crippen LogP contribution < -0.4 is 0 Å². The molecule has 2 aliphatic rings. The molecule has 0 aromatic carbocycles. The van der Waals surface area contributed by atoms with Crippen LogP contribution in [0.15, 0.2) is 24.3 Å². The van der Waals surface area contributed by atoms with Crippen molar-refractivity contribution in [2.45, 2.75) is 66.2 Å². The molecule has 5 atom stereocenters. The monoisotopic (exact) mass is 362 g/mol. The topological polar surface area (TPSA) is 63.6 Å². The fourth-order valence-electron chi connectivity index (χ4n) is 5.67. The van der Waals surface area contributed by atoms with Gasteiger partial charge in [-0.3, -0.25) is 9.59 Å². The van der Waals surface area contributed by atoms with Crippen molar-refractivity contribution < 1.29 is 19.4 Å². The Balaban J connectivity index is 2.36. The maximum atomic E-state index is 12.4. The van der Waals surface area contributed by atoms with Crippen molar-refractivity contribution in [1.82, 2.24) is 0 Å². The van der Waals surface area contributed by atoms with E-state index in [1.807, 2.05) is 13.8 Å². The van der Waals surface area contributed by atoms with Crippen LogP contribution in [0.5, 0.6) is 0 Å². The Kier molecular flexibility index (Phi) is 6.04. The third-order valence-electron chi connectivity index (χ3n) is 7.25. The largest absolute Gasteiger partial charge is 0.481 e. The minimum atomic E-state index is -0.884. The van der Waals surface area contributed by atoms with E-state index < -0.39 is 11.4 Å². The lowest BCUT2D eigenvalue weighted by Gasteiger charge is -2.59. The van der Waals surface area contributed by atoms with E-state index in [1.165, 1.54) is 12.5 Å². The van der Waals surface area contributed by atoms with Gasteiger partial charge in [0, 0.05) is 12.8 Å². The molecule has 0 aromatic heterocycles. The van der Waals surface area contributed by atoms with Gasteiger partial charge in [-0.05, 0) is 69.6 Å². The second-order valence-electron chi connectivity index (χ2n) is 8.93. The highest BCUT2D eigenvalue weighted by atomic mass is 16.5. The second kappa shape index (κ2) is 7.58. The van der Waals surface area contributed by atoms with Crippen molar-refractivity contribution >= 4 is 11.9 Å². The molecule has 2 saturated carbocycles. The van der Waals surface area contributed by atoms with E-state index in [1.54, 1.807) is 0 Å². The molecule has 0 bridgehead atoms. The number of esters is 1. The van der Waals surface area contributed by atoms with Crippen LogP contribution >= 0.6 is 0 Å². The molecule has 0 heterocycles. The SMILES string of the molecule is C=C(C)CCC1C(=C)CCC2C1(C)CCC(COC(C)=O)C2(C)C(=O)O. The lowest BCUT2D eigenvalue weighted by molar-refractivity contribution is -0.180. The van der Waals surface area contributed by atoms with Gasteiger partial charge < -0.3 is 9.84 Å². The third-order valence-corrected chi connectivity index (χ3v) is 7.25. The van der Waals surface area contributed by atoms with Crippen LogP contribution in [0.2, 0.25) is 0 Å². The summed E-state index contributed by atoms with van der Waals surface area (Å²) in [5.74, 6) is -0.872. The van der Waals surface area contributed by atoms with Crippen LogP contribution in [0.4, 0.5) is 0 Å². The van der Waals surface area contributed by atoms with Crippen molar-refractivity contribution in [2.24, 2.45) is 28.6 Å². The molecule has 2 rings (SSSR count). The van der Waals surface area contributed by atoms with E-state index in [0.717, 1.165) is 44.1 Å². The van der Waals surface area contributed by atoms with Crippen molar-refractivity contribution in [1.29, 1.82) is 0 Å². The van der Waals surface area contributed by atoms with Crippen molar-refractivity contribution in [3.8, 4) is 0 Å². The molecular weight excluding hydrogens is 328 g/mol. The van der Waals surface area contributed by atoms with Crippen LogP contribution in [0, 0.1) is 28.6 Å². The predicted molar refractivity (Wildman–Crippen MR) is 103 cm³/mol. The van der Waals surface area contributed by atoms with E-state index in [2.05, 4.69) is 20.1 Å². The first-order valence-corrected chi connectivity index (χ1v) is 9.72. The first kappa shape index (κ1) is 20.7. The third kappa shape index (κ3) is 3.60. The number of carbonyl (C=O) groups excluding carboxylic acids is 1. The molecule has 4 nitrogen and oxygen atoms in total. The number of allylic oxidation sites excluding steroid dienone is 2. The lowest BCUT2D eigenvalue weighted by atomic mass is 9.44. The zero-order chi connectivity index (χ0) is 19.7. The first-order valence-electron chi connectivity index (χ1n) is 9.72. The van der Waals surface area contributed by atoms with Crippen molar-refractivity contribution in [3.05, 3.63) is 24.3 Å². The zero-order valence-electron chi connectivity index (χ0n) is 16.8. The highest BCUT2D eigenvalue weighted by molar-refractivity contribution is 5.75. The number of rotatable bonds is 6. The van der Waals surface area contributed by atoms with Crippen LogP contribution in [-0.4, -0.2) is 23.7 Å². The number of aliphatic carboxylic acids is 1. The zero-order valence-corrected chi connectivity index (χ0v) is 16.8. The van der Waals surface area contributed by atoms with E-state index >= 15 is 0 Å². The van der Waals surface area contributed by atoms with E-state index in [-0.39, 0.29) is 29.8 Å². The first-order chi connectivity index (χ1) is 12.0. The number of hydrogen-bond acceptors (Lipinski definition) is 3. The number of carboxylic acid groups (broad SMARTS) is 1. The quantitative estimate of drug-likeness (QED) is 0.534. The van der Waals surface area contributed by atoms with Gasteiger partial charge in [-0.2, -0.15) is 0 Å². The molecule has 0 aliphatic heterocycles. The fourth-order valence-corrected chi connectivity index (χ4v) is 5.67. The highest BCUT2D eigenvalue weighted by Crippen LogP contribution is 2.63. The van der Waals surface area contributed by atoms with Crippen molar-refractivity contribution in [3.63, 3.8) is 0 Å². The molecule has 26 heavy (non-hydrogen) atoms. The summed E-state index contributed by atoms with van der Waals surface area (Å²) in [6.07, 6.45) is 5.38. The summed E-state index contributed by atoms with van der Waals surface area (Å²) >= 11 is 0. The van der Waals surface area contributed by atoms with E-state index in [9.17, 15) is 14.7 Å². The molecule has 2 fully saturated rings. The van der Waals surface area contributed by atoms with Gasteiger partial charge >= 0.3 is 11.9 Å². The van der Waals surface area contributed by atoms with Crippen LogP contribution in [-0.2, 0) is 14.3 Å². The molecule has 0 radical (unpaired) electrons. The molecule has 0 aromatic rings. The normalized spacial score (nSPS) is 36.9. The number of ether oxygens (including phenoxy) is 1. The summed E-state index contributed by atoms with van der Waals surface area (Å²) in [7, 11) is 0. The maximum absolute atomic E-state index is 12.4. The molecular formula is C22H34O4. The van der Waals surface area contributed by atoms with Gasteiger partial charge in [0.05, 0.1) is 12.0 Å². The summed E-state index contributed by atoms with van der Waals surface area (Å²) in [6, 6.07) is 0. The summed E-state index contributed by atoms with van der Waals surface area (Å²) in [6.45, 7) is 16.1. The molecule has 2 aliphatic carbocycles. The van der Waals surface area contributed by atoms with E-state index in [0.29, 0.717) is 5.92 Å². The van der Waals surface area contributed by atoms with Gasteiger partial charge in [-0.1, -0.05) is 24.6 Å². The average molecular weight is 363 g/mol. The van der Waals surface area contributed by atoms with Crippen LogP contribution in [0.3, 0.4) is 0 Å². The highest BCUT2D eigenvalue weighted by Gasteiger charge is 2.61. The Morgan fingerprint density at radius 1 is 1.27 bits per heavy atom. The van der Waals surface area contributed by atoms with Gasteiger partial charge in [0.25, 0.3) is 0 Å². The van der Waals surface area contributed by atoms with Gasteiger partial charge in [-0.25, -0.2) is 0 Å². The molecule has 0 amide bonds. The van der Waals surface area contributed by atoms with Crippen LogP contribution in [0.25, 0.3) is 0 Å². The van der Waals surface area contributed by atoms with Gasteiger partial charge in [0.1, 0.15) is 0 Å². The number of fused-ring (bicyclic) bond motifs is 1. The number of carboxylic acids is 1. The Morgan fingerprint density at radius 2 is 1.92 bits per heavy atom.